The average Bonchev–Trinajstić information content (AvgIpc) is 2.87. The van der Waals surface area contributed by atoms with Gasteiger partial charge < -0.3 is 5.32 Å². The molecule has 1 saturated carbocycles. The fourth-order valence-electron chi connectivity index (χ4n) is 2.48. The van der Waals surface area contributed by atoms with E-state index < -0.39 is 0 Å². The van der Waals surface area contributed by atoms with Crippen molar-refractivity contribution in [2.75, 3.05) is 6.54 Å². The highest BCUT2D eigenvalue weighted by molar-refractivity contribution is 7.10. The van der Waals surface area contributed by atoms with E-state index in [1.54, 1.807) is 0 Å². The van der Waals surface area contributed by atoms with Crippen LogP contribution < -0.4 is 5.32 Å². The normalized spacial score (nSPS) is 20.1. The van der Waals surface area contributed by atoms with Gasteiger partial charge in [0, 0.05) is 10.9 Å². The van der Waals surface area contributed by atoms with Crippen molar-refractivity contribution < 1.29 is 0 Å². The minimum absolute atomic E-state index is 0.627. The molecule has 1 fully saturated rings. The van der Waals surface area contributed by atoms with Crippen LogP contribution >= 0.6 is 11.3 Å². The standard InChI is InChI=1S/C12H19NS/c1-2-13-12(10-6-3-4-7-10)11-8-5-9-14-11/h5,8-10,12-13H,2-4,6-7H2,1H3. The molecule has 0 bridgehead atoms. The minimum Gasteiger partial charge on any atom is -0.309 e. The zero-order valence-corrected chi connectivity index (χ0v) is 9.65. The summed E-state index contributed by atoms with van der Waals surface area (Å²) in [7, 11) is 0. The summed E-state index contributed by atoms with van der Waals surface area (Å²) in [5.41, 5.74) is 0. The maximum atomic E-state index is 3.64. The van der Waals surface area contributed by atoms with Gasteiger partial charge in [-0.1, -0.05) is 25.8 Å². The monoisotopic (exact) mass is 209 g/mol. The van der Waals surface area contributed by atoms with Gasteiger partial charge >= 0.3 is 0 Å². The van der Waals surface area contributed by atoms with Gasteiger partial charge in [0.1, 0.15) is 0 Å². The molecule has 1 aromatic rings. The van der Waals surface area contributed by atoms with E-state index in [1.165, 1.54) is 30.6 Å². The fraction of sp³-hybridized carbons (Fsp3) is 0.667. The van der Waals surface area contributed by atoms with E-state index in [1.807, 2.05) is 11.3 Å². The molecule has 2 heteroatoms. The smallest absolute Gasteiger partial charge is 0.0443 e. The first-order chi connectivity index (χ1) is 6.92. The van der Waals surface area contributed by atoms with Crippen LogP contribution in [0, 0.1) is 5.92 Å². The molecule has 1 nitrogen and oxygen atoms in total. The van der Waals surface area contributed by atoms with Gasteiger partial charge in [0.25, 0.3) is 0 Å². The van der Waals surface area contributed by atoms with Gasteiger partial charge in [0.15, 0.2) is 0 Å². The van der Waals surface area contributed by atoms with Crippen LogP contribution in [0.1, 0.15) is 43.5 Å². The fourth-order valence-corrected chi connectivity index (χ4v) is 3.37. The van der Waals surface area contributed by atoms with Crippen LogP contribution in [-0.2, 0) is 0 Å². The molecule has 1 atom stereocenters. The van der Waals surface area contributed by atoms with E-state index >= 15 is 0 Å². The van der Waals surface area contributed by atoms with Gasteiger partial charge in [0.05, 0.1) is 0 Å². The van der Waals surface area contributed by atoms with Crippen molar-refractivity contribution in [3.8, 4) is 0 Å². The lowest BCUT2D eigenvalue weighted by atomic mass is 9.97. The molecule has 0 spiro atoms. The maximum Gasteiger partial charge on any atom is 0.0443 e. The molecule has 1 heterocycles. The van der Waals surface area contributed by atoms with Crippen molar-refractivity contribution in [3.63, 3.8) is 0 Å². The summed E-state index contributed by atoms with van der Waals surface area (Å²) in [5, 5.41) is 5.83. The first kappa shape index (κ1) is 10.2. The Morgan fingerprint density at radius 2 is 2.29 bits per heavy atom. The number of thiophene rings is 1. The Morgan fingerprint density at radius 3 is 2.86 bits per heavy atom. The van der Waals surface area contributed by atoms with E-state index in [-0.39, 0.29) is 0 Å². The third-order valence-electron chi connectivity index (χ3n) is 3.14. The van der Waals surface area contributed by atoms with Crippen LogP contribution in [0.5, 0.6) is 0 Å². The summed E-state index contributed by atoms with van der Waals surface area (Å²) in [6, 6.07) is 5.07. The Balaban J connectivity index is 2.06. The highest BCUT2D eigenvalue weighted by Crippen LogP contribution is 2.37. The number of hydrogen-bond donors (Lipinski definition) is 1. The summed E-state index contributed by atoms with van der Waals surface area (Å²) in [4.78, 5) is 1.53. The maximum absolute atomic E-state index is 3.64. The van der Waals surface area contributed by atoms with Gasteiger partial charge in [-0.15, -0.1) is 11.3 Å². The predicted molar refractivity (Wildman–Crippen MR) is 62.7 cm³/mol. The molecule has 1 aromatic heterocycles. The lowest BCUT2D eigenvalue weighted by Crippen LogP contribution is -2.26. The van der Waals surface area contributed by atoms with Gasteiger partial charge in [-0.05, 0) is 36.8 Å². The van der Waals surface area contributed by atoms with Gasteiger partial charge in [-0.3, -0.25) is 0 Å². The molecular formula is C12H19NS. The summed E-state index contributed by atoms with van der Waals surface area (Å²) in [5.74, 6) is 0.883. The highest BCUT2D eigenvalue weighted by atomic mass is 32.1. The van der Waals surface area contributed by atoms with Crippen molar-refractivity contribution in [1.82, 2.24) is 5.32 Å². The van der Waals surface area contributed by atoms with Crippen molar-refractivity contribution in [1.29, 1.82) is 0 Å². The Hall–Kier alpha value is -0.340. The van der Waals surface area contributed by atoms with E-state index in [4.69, 9.17) is 0 Å². The molecule has 1 N–H and O–H groups in total. The molecule has 2 rings (SSSR count). The minimum atomic E-state index is 0.627. The molecule has 0 aromatic carbocycles. The third kappa shape index (κ3) is 2.18. The average molecular weight is 209 g/mol. The van der Waals surface area contributed by atoms with Crippen molar-refractivity contribution in [3.05, 3.63) is 22.4 Å². The molecule has 14 heavy (non-hydrogen) atoms. The summed E-state index contributed by atoms with van der Waals surface area (Å²) < 4.78 is 0. The van der Waals surface area contributed by atoms with Gasteiger partial charge in [-0.2, -0.15) is 0 Å². The quantitative estimate of drug-likeness (QED) is 0.799. The first-order valence-electron chi connectivity index (χ1n) is 5.68. The van der Waals surface area contributed by atoms with E-state index in [2.05, 4.69) is 29.8 Å². The predicted octanol–water partition coefficient (Wildman–Crippen LogP) is 3.59. The second-order valence-electron chi connectivity index (χ2n) is 4.10. The molecular weight excluding hydrogens is 190 g/mol. The molecule has 0 saturated heterocycles. The Kier molecular flexibility index (Phi) is 3.60. The summed E-state index contributed by atoms with van der Waals surface area (Å²) in [6.07, 6.45) is 5.68. The second-order valence-corrected chi connectivity index (χ2v) is 5.07. The Bertz CT molecular complexity index is 249. The number of hydrogen-bond acceptors (Lipinski definition) is 2. The van der Waals surface area contributed by atoms with Crippen LogP contribution in [0.25, 0.3) is 0 Å². The van der Waals surface area contributed by atoms with E-state index in [9.17, 15) is 0 Å². The highest BCUT2D eigenvalue weighted by Gasteiger charge is 2.25. The van der Waals surface area contributed by atoms with Crippen LogP contribution in [-0.4, -0.2) is 6.54 Å². The largest absolute Gasteiger partial charge is 0.309 e. The van der Waals surface area contributed by atoms with Crippen molar-refractivity contribution >= 4 is 11.3 Å². The number of nitrogens with one attached hydrogen (secondary N) is 1. The lowest BCUT2D eigenvalue weighted by Gasteiger charge is -2.23. The molecule has 1 unspecified atom stereocenters. The van der Waals surface area contributed by atoms with E-state index in [0.717, 1.165) is 12.5 Å². The van der Waals surface area contributed by atoms with Crippen LogP contribution in [0.15, 0.2) is 17.5 Å². The lowest BCUT2D eigenvalue weighted by molar-refractivity contribution is 0.379. The van der Waals surface area contributed by atoms with Gasteiger partial charge in [-0.25, -0.2) is 0 Å². The summed E-state index contributed by atoms with van der Waals surface area (Å²) >= 11 is 1.90. The van der Waals surface area contributed by atoms with Crippen LogP contribution in [0.4, 0.5) is 0 Å². The molecule has 78 valence electrons. The zero-order valence-electron chi connectivity index (χ0n) is 8.83. The molecule has 0 aliphatic heterocycles. The number of rotatable bonds is 4. The Morgan fingerprint density at radius 1 is 1.50 bits per heavy atom. The SMILES string of the molecule is CCNC(c1cccs1)C1CCCC1. The van der Waals surface area contributed by atoms with Crippen molar-refractivity contribution in [2.45, 2.75) is 38.6 Å². The topological polar surface area (TPSA) is 12.0 Å². The zero-order chi connectivity index (χ0) is 9.80. The second kappa shape index (κ2) is 4.94. The first-order valence-corrected chi connectivity index (χ1v) is 6.56. The molecule has 1 aliphatic carbocycles. The van der Waals surface area contributed by atoms with Crippen LogP contribution in [0.2, 0.25) is 0 Å². The molecule has 0 amide bonds. The molecule has 0 radical (unpaired) electrons. The van der Waals surface area contributed by atoms with Crippen LogP contribution in [0.3, 0.4) is 0 Å². The van der Waals surface area contributed by atoms with E-state index in [0.29, 0.717) is 6.04 Å². The third-order valence-corrected chi connectivity index (χ3v) is 4.10. The molecule has 1 aliphatic rings. The Labute approximate surface area is 90.5 Å². The van der Waals surface area contributed by atoms with Gasteiger partial charge in [0.2, 0.25) is 0 Å². The summed E-state index contributed by atoms with van der Waals surface area (Å²) in [6.45, 7) is 3.29. The van der Waals surface area contributed by atoms with Crippen molar-refractivity contribution in [2.24, 2.45) is 5.92 Å².